The lowest BCUT2D eigenvalue weighted by molar-refractivity contribution is 0.101. The van der Waals surface area contributed by atoms with E-state index in [2.05, 4.69) is 48.5 Å². The van der Waals surface area contributed by atoms with Gasteiger partial charge in [-0.15, -0.1) is 6.42 Å². The summed E-state index contributed by atoms with van der Waals surface area (Å²) in [7, 11) is 2.51. The molecule has 0 radical (unpaired) electrons. The molecule has 194 valence electrons. The second-order valence-electron chi connectivity index (χ2n) is 9.27. The molecular formula is C30H31FN5OP. The van der Waals surface area contributed by atoms with E-state index >= 15 is 0 Å². The number of aromatic nitrogens is 2. The van der Waals surface area contributed by atoms with Crippen molar-refractivity contribution in [3.8, 4) is 12.3 Å². The fraction of sp³-hybridized carbons (Fsp3) is 0.267. The van der Waals surface area contributed by atoms with Crippen LogP contribution in [-0.4, -0.2) is 46.8 Å². The van der Waals surface area contributed by atoms with Crippen molar-refractivity contribution in [2.24, 2.45) is 0 Å². The molecule has 8 heteroatoms. The Morgan fingerprint density at radius 1 is 1.03 bits per heavy atom. The van der Waals surface area contributed by atoms with Crippen molar-refractivity contribution in [3.63, 3.8) is 0 Å². The highest BCUT2D eigenvalue weighted by atomic mass is 31.0. The number of rotatable bonds is 5. The summed E-state index contributed by atoms with van der Waals surface area (Å²) < 4.78 is 18.0. The number of halogens is 1. The number of amides is 1. The molecule has 0 spiro atoms. The molecule has 38 heavy (non-hydrogen) atoms. The number of benzene rings is 3. The Balaban J connectivity index is 0.00000144. The summed E-state index contributed by atoms with van der Waals surface area (Å²) in [6.45, 7) is 8.63. The number of hydrogen-bond acceptors (Lipinski definition) is 4. The second-order valence-corrected chi connectivity index (χ2v) is 9.78. The van der Waals surface area contributed by atoms with Crippen molar-refractivity contribution < 1.29 is 9.18 Å². The molecule has 1 saturated heterocycles. The first-order chi connectivity index (χ1) is 18.5. The quantitative estimate of drug-likeness (QED) is 0.261. The highest BCUT2D eigenvalue weighted by molar-refractivity contribution is 7.21. The molecule has 3 aromatic carbocycles. The van der Waals surface area contributed by atoms with Crippen LogP contribution in [0.15, 0.2) is 60.9 Å². The molecule has 4 aromatic rings. The zero-order valence-electron chi connectivity index (χ0n) is 21.7. The average Bonchev–Trinajstić information content (AvgIpc) is 3.49. The van der Waals surface area contributed by atoms with Crippen molar-refractivity contribution >= 4 is 37.4 Å². The van der Waals surface area contributed by atoms with Crippen LogP contribution in [-0.2, 0) is 13.1 Å². The Morgan fingerprint density at radius 2 is 1.79 bits per heavy atom. The van der Waals surface area contributed by atoms with E-state index in [0.29, 0.717) is 17.8 Å². The van der Waals surface area contributed by atoms with Crippen molar-refractivity contribution in [2.75, 3.05) is 35.7 Å². The number of hydrogen-bond donors (Lipinski definition) is 0. The summed E-state index contributed by atoms with van der Waals surface area (Å²) in [4.78, 5) is 17.0. The lowest BCUT2D eigenvalue weighted by Gasteiger charge is -2.36. The molecule has 1 unspecified atom stereocenters. The molecule has 2 aliphatic heterocycles. The van der Waals surface area contributed by atoms with E-state index in [1.165, 1.54) is 6.07 Å². The van der Waals surface area contributed by atoms with Gasteiger partial charge < -0.3 is 4.90 Å². The lowest BCUT2D eigenvalue weighted by atomic mass is 10.0. The molecule has 0 bridgehead atoms. The number of nitrogens with zero attached hydrogens (tertiary/aromatic N) is 5. The van der Waals surface area contributed by atoms with Gasteiger partial charge in [-0.05, 0) is 50.7 Å². The Labute approximate surface area is 225 Å². The topological polar surface area (TPSA) is 44.6 Å². The van der Waals surface area contributed by atoms with E-state index < -0.39 is 0 Å². The minimum absolute atomic E-state index is 0.00606. The van der Waals surface area contributed by atoms with Crippen molar-refractivity contribution in [1.29, 1.82) is 0 Å². The predicted octanol–water partition coefficient (Wildman–Crippen LogP) is 5.30. The zero-order valence-corrected chi connectivity index (χ0v) is 22.8. The van der Waals surface area contributed by atoms with Crippen LogP contribution in [0.4, 0.5) is 15.8 Å². The van der Waals surface area contributed by atoms with Gasteiger partial charge in [0, 0.05) is 55.4 Å². The first-order valence-electron chi connectivity index (χ1n) is 12.9. The van der Waals surface area contributed by atoms with Crippen LogP contribution in [0.2, 0.25) is 0 Å². The minimum Gasteiger partial charge on any atom is -0.367 e. The maximum atomic E-state index is 14.4. The standard InChI is InChI=1S/C28H25FN5OP.C2H6/c1-2-19-6-8-25(24(29)14-19)32-12-10-31(11-13-32)16-20-15-30-33(17-20)18-21-7-9-26-27-22(21)4-3-5-23(27)28(35)34(26)36;1-2/h1,3-9,14-15,17H,10-13,16,18,36H2;1-2H3. The SMILES string of the molecule is C#Cc1ccc(N2CCN(Cc3cnn(Cc4ccc5c6c(cccc46)C(=O)N5P)c3)CC2)c(F)c1.CC. The molecule has 6 nitrogen and oxygen atoms in total. The van der Waals surface area contributed by atoms with Gasteiger partial charge in [0.25, 0.3) is 5.91 Å². The zero-order chi connectivity index (χ0) is 26.8. The number of piperazine rings is 1. The largest absolute Gasteiger partial charge is 0.367 e. The van der Waals surface area contributed by atoms with Gasteiger partial charge in [0.05, 0.1) is 29.7 Å². The summed E-state index contributed by atoms with van der Waals surface area (Å²) in [6.07, 6.45) is 9.37. The molecular weight excluding hydrogens is 496 g/mol. The van der Waals surface area contributed by atoms with E-state index in [4.69, 9.17) is 6.42 Å². The van der Waals surface area contributed by atoms with Gasteiger partial charge in [0.15, 0.2) is 0 Å². The Morgan fingerprint density at radius 3 is 2.53 bits per heavy atom. The number of carbonyl (C=O) groups is 1. The van der Waals surface area contributed by atoms with Gasteiger partial charge >= 0.3 is 0 Å². The van der Waals surface area contributed by atoms with Crippen molar-refractivity contribution in [1.82, 2.24) is 14.7 Å². The summed E-state index contributed by atoms with van der Waals surface area (Å²) in [5, 5.41) is 6.68. The monoisotopic (exact) mass is 527 g/mol. The molecule has 0 N–H and O–H groups in total. The highest BCUT2D eigenvalue weighted by Gasteiger charge is 2.28. The summed E-state index contributed by atoms with van der Waals surface area (Å²) in [6, 6.07) is 15.0. The predicted molar refractivity (Wildman–Crippen MR) is 155 cm³/mol. The first kappa shape index (κ1) is 25.9. The van der Waals surface area contributed by atoms with Crippen molar-refractivity contribution in [2.45, 2.75) is 26.9 Å². The number of carbonyl (C=O) groups excluding carboxylic acids is 1. The fourth-order valence-electron chi connectivity index (χ4n) is 5.21. The molecule has 2 aliphatic rings. The molecule has 6 rings (SSSR count). The maximum absolute atomic E-state index is 14.4. The second kappa shape index (κ2) is 10.9. The van der Waals surface area contributed by atoms with Crippen LogP contribution >= 0.6 is 9.39 Å². The van der Waals surface area contributed by atoms with Gasteiger partial charge in [0.1, 0.15) is 5.82 Å². The van der Waals surface area contributed by atoms with E-state index in [1.54, 1.807) is 16.8 Å². The average molecular weight is 528 g/mol. The van der Waals surface area contributed by atoms with Crippen molar-refractivity contribution in [3.05, 3.63) is 89.0 Å². The van der Waals surface area contributed by atoms with E-state index in [0.717, 1.165) is 65.9 Å². The van der Waals surface area contributed by atoms with Crippen LogP contribution in [0.5, 0.6) is 0 Å². The molecule has 0 saturated carbocycles. The third-order valence-electron chi connectivity index (χ3n) is 7.07. The third-order valence-corrected chi connectivity index (χ3v) is 7.58. The molecule has 1 fully saturated rings. The number of anilines is 2. The maximum Gasteiger partial charge on any atom is 0.261 e. The minimum atomic E-state index is -0.266. The van der Waals surface area contributed by atoms with Crippen LogP contribution < -0.4 is 9.57 Å². The van der Waals surface area contributed by atoms with Crippen LogP contribution in [0.1, 0.15) is 40.9 Å². The van der Waals surface area contributed by atoms with Gasteiger partial charge in [-0.2, -0.15) is 5.10 Å². The number of terminal acetylenes is 1. The summed E-state index contributed by atoms with van der Waals surface area (Å²) in [5.74, 6) is 2.22. The van der Waals surface area contributed by atoms with Gasteiger partial charge in [-0.1, -0.05) is 38.0 Å². The molecule has 0 aliphatic carbocycles. The normalized spacial score (nSPS) is 15.0. The Hall–Kier alpha value is -3.72. The van der Waals surface area contributed by atoms with E-state index in [9.17, 15) is 9.18 Å². The van der Waals surface area contributed by atoms with E-state index in [1.807, 2.05) is 42.9 Å². The first-order valence-corrected chi connectivity index (χ1v) is 13.4. The molecule has 1 aromatic heterocycles. The molecule has 1 atom stereocenters. The van der Waals surface area contributed by atoms with Crippen LogP contribution in [0.3, 0.4) is 0 Å². The third kappa shape index (κ3) is 4.78. The highest BCUT2D eigenvalue weighted by Crippen LogP contribution is 2.40. The summed E-state index contributed by atoms with van der Waals surface area (Å²) >= 11 is 0. The smallest absolute Gasteiger partial charge is 0.261 e. The Kier molecular flexibility index (Phi) is 7.46. The summed E-state index contributed by atoms with van der Waals surface area (Å²) in [5.41, 5.74) is 5.11. The molecule has 3 heterocycles. The lowest BCUT2D eigenvalue weighted by Crippen LogP contribution is -2.46. The van der Waals surface area contributed by atoms with E-state index in [-0.39, 0.29) is 11.7 Å². The fourth-order valence-corrected chi connectivity index (χ4v) is 5.57. The van der Waals surface area contributed by atoms with Crippen LogP contribution in [0, 0.1) is 18.2 Å². The van der Waals surface area contributed by atoms with Crippen LogP contribution in [0.25, 0.3) is 10.8 Å². The van der Waals surface area contributed by atoms with Gasteiger partial charge in [-0.25, -0.2) is 4.39 Å². The van der Waals surface area contributed by atoms with Gasteiger partial charge in [-0.3, -0.25) is 19.0 Å². The molecule has 1 amide bonds. The Bertz CT molecular complexity index is 1530. The van der Waals surface area contributed by atoms with Gasteiger partial charge in [0.2, 0.25) is 0 Å².